The molecule has 1 heterocycles. The van der Waals surface area contributed by atoms with Crippen LogP contribution in [0.5, 0.6) is 0 Å². The van der Waals surface area contributed by atoms with E-state index in [1.807, 2.05) is 4.90 Å². The first-order valence-corrected chi connectivity index (χ1v) is 8.61. The predicted molar refractivity (Wildman–Crippen MR) is 96.3 cm³/mol. The summed E-state index contributed by atoms with van der Waals surface area (Å²) in [7, 11) is 0. The molecule has 0 saturated carbocycles. The van der Waals surface area contributed by atoms with Crippen LogP contribution in [0.15, 0.2) is 24.3 Å². The minimum absolute atomic E-state index is 0.00233. The first kappa shape index (κ1) is 19.1. The van der Waals surface area contributed by atoms with Crippen molar-refractivity contribution >= 4 is 23.3 Å². The number of piperidine rings is 1. The summed E-state index contributed by atoms with van der Waals surface area (Å²) < 4.78 is 0. The van der Waals surface area contributed by atoms with Crippen molar-refractivity contribution in [1.29, 1.82) is 0 Å². The van der Waals surface area contributed by atoms with Crippen LogP contribution in [0.1, 0.15) is 30.1 Å². The van der Waals surface area contributed by atoms with Gasteiger partial charge in [-0.1, -0.05) is 12.1 Å². The SMILES string of the molecule is CC(=O)c1ccccc1NC(=O)CN1CCCC(C(=O)NCCN)C1. The fraction of sp³-hybridized carbons (Fsp3) is 0.500. The molecule has 1 saturated heterocycles. The van der Waals surface area contributed by atoms with Crippen LogP contribution in [0.25, 0.3) is 0 Å². The lowest BCUT2D eigenvalue weighted by molar-refractivity contribution is -0.127. The van der Waals surface area contributed by atoms with E-state index in [0.29, 0.717) is 30.9 Å². The Morgan fingerprint density at radius 1 is 1.28 bits per heavy atom. The molecule has 0 spiro atoms. The van der Waals surface area contributed by atoms with Gasteiger partial charge < -0.3 is 16.4 Å². The van der Waals surface area contributed by atoms with Gasteiger partial charge in [0.05, 0.1) is 18.2 Å². The second-order valence-corrected chi connectivity index (χ2v) is 6.30. The van der Waals surface area contributed by atoms with Gasteiger partial charge in [0.15, 0.2) is 5.78 Å². The average molecular weight is 346 g/mol. The highest BCUT2D eigenvalue weighted by molar-refractivity contribution is 6.04. The first-order valence-electron chi connectivity index (χ1n) is 8.61. The van der Waals surface area contributed by atoms with Crippen LogP contribution in [0.3, 0.4) is 0 Å². The molecule has 0 aromatic heterocycles. The molecule has 4 N–H and O–H groups in total. The van der Waals surface area contributed by atoms with E-state index in [4.69, 9.17) is 5.73 Å². The van der Waals surface area contributed by atoms with Gasteiger partial charge >= 0.3 is 0 Å². The van der Waals surface area contributed by atoms with Gasteiger partial charge in [-0.25, -0.2) is 0 Å². The van der Waals surface area contributed by atoms with E-state index < -0.39 is 0 Å². The molecule has 25 heavy (non-hydrogen) atoms. The molecule has 1 unspecified atom stereocenters. The molecular formula is C18H26N4O3. The second-order valence-electron chi connectivity index (χ2n) is 6.30. The van der Waals surface area contributed by atoms with Gasteiger partial charge in [0.1, 0.15) is 0 Å². The highest BCUT2D eigenvalue weighted by Gasteiger charge is 2.26. The fourth-order valence-corrected chi connectivity index (χ4v) is 3.04. The maximum absolute atomic E-state index is 12.3. The summed E-state index contributed by atoms with van der Waals surface area (Å²) in [5.74, 6) is -0.391. The zero-order chi connectivity index (χ0) is 18.2. The van der Waals surface area contributed by atoms with Crippen LogP contribution in [0.4, 0.5) is 5.69 Å². The van der Waals surface area contributed by atoms with E-state index in [2.05, 4.69) is 10.6 Å². The predicted octanol–water partition coefficient (Wildman–Crippen LogP) is 0.615. The maximum atomic E-state index is 12.3. The van der Waals surface area contributed by atoms with E-state index in [0.717, 1.165) is 19.4 Å². The number of anilines is 1. The van der Waals surface area contributed by atoms with Gasteiger partial charge in [-0.15, -0.1) is 0 Å². The summed E-state index contributed by atoms with van der Waals surface area (Å²) in [6.45, 7) is 3.89. The number of hydrogen-bond donors (Lipinski definition) is 3. The number of Topliss-reactive ketones (excluding diaryl/α,β-unsaturated/α-hetero) is 1. The summed E-state index contributed by atoms with van der Waals surface area (Å²) in [6.07, 6.45) is 1.69. The molecule has 1 aliphatic rings. The van der Waals surface area contributed by atoms with Gasteiger partial charge in [0.25, 0.3) is 0 Å². The lowest BCUT2D eigenvalue weighted by Gasteiger charge is -2.31. The lowest BCUT2D eigenvalue weighted by Crippen LogP contribution is -2.46. The molecule has 2 amide bonds. The molecule has 0 aliphatic carbocycles. The van der Waals surface area contributed by atoms with Crippen LogP contribution in [-0.4, -0.2) is 55.2 Å². The summed E-state index contributed by atoms with van der Waals surface area (Å²) in [5, 5.41) is 5.61. The summed E-state index contributed by atoms with van der Waals surface area (Å²) in [5.41, 5.74) is 6.42. The second kappa shape index (κ2) is 9.29. The first-order chi connectivity index (χ1) is 12.0. The number of nitrogens with one attached hydrogen (secondary N) is 2. The summed E-state index contributed by atoms with van der Waals surface area (Å²) in [6, 6.07) is 6.95. The smallest absolute Gasteiger partial charge is 0.238 e. The molecule has 0 radical (unpaired) electrons. The zero-order valence-electron chi connectivity index (χ0n) is 14.6. The average Bonchev–Trinajstić information content (AvgIpc) is 2.60. The van der Waals surface area contributed by atoms with E-state index in [1.165, 1.54) is 6.92 Å². The van der Waals surface area contributed by atoms with Gasteiger partial charge in [-0.05, 0) is 38.4 Å². The quantitative estimate of drug-likeness (QED) is 0.628. The summed E-state index contributed by atoms with van der Waals surface area (Å²) in [4.78, 5) is 38.0. The molecule has 7 nitrogen and oxygen atoms in total. The number of para-hydroxylation sites is 1. The van der Waals surface area contributed by atoms with E-state index >= 15 is 0 Å². The largest absolute Gasteiger partial charge is 0.355 e. The molecule has 136 valence electrons. The monoisotopic (exact) mass is 346 g/mol. The van der Waals surface area contributed by atoms with E-state index in [9.17, 15) is 14.4 Å². The fourth-order valence-electron chi connectivity index (χ4n) is 3.04. The number of rotatable bonds is 7. The third-order valence-electron chi connectivity index (χ3n) is 4.27. The molecular weight excluding hydrogens is 320 g/mol. The van der Waals surface area contributed by atoms with Crippen molar-refractivity contribution in [3.63, 3.8) is 0 Å². The maximum Gasteiger partial charge on any atom is 0.238 e. The van der Waals surface area contributed by atoms with Crippen molar-refractivity contribution in [3.8, 4) is 0 Å². The number of carbonyl (C=O) groups is 3. The number of amides is 2. The molecule has 0 bridgehead atoms. The Hall–Kier alpha value is -2.25. The van der Waals surface area contributed by atoms with Crippen molar-refractivity contribution in [1.82, 2.24) is 10.2 Å². The van der Waals surface area contributed by atoms with Crippen LogP contribution in [0, 0.1) is 5.92 Å². The zero-order valence-corrected chi connectivity index (χ0v) is 14.6. The van der Waals surface area contributed by atoms with Gasteiger partial charge in [-0.2, -0.15) is 0 Å². The third-order valence-corrected chi connectivity index (χ3v) is 4.27. The van der Waals surface area contributed by atoms with Gasteiger partial charge in [-0.3, -0.25) is 19.3 Å². The van der Waals surface area contributed by atoms with E-state index in [-0.39, 0.29) is 30.1 Å². The Morgan fingerprint density at radius 2 is 2.04 bits per heavy atom. The number of ketones is 1. The number of hydrogen-bond acceptors (Lipinski definition) is 5. The van der Waals surface area contributed by atoms with Gasteiger partial charge in [0.2, 0.25) is 11.8 Å². The highest BCUT2D eigenvalue weighted by Crippen LogP contribution is 2.18. The van der Waals surface area contributed by atoms with Crippen molar-refractivity contribution in [2.75, 3.05) is 38.0 Å². The highest BCUT2D eigenvalue weighted by atomic mass is 16.2. The normalized spacial score (nSPS) is 17.8. The molecule has 1 aliphatic heterocycles. The third kappa shape index (κ3) is 5.65. The van der Waals surface area contributed by atoms with Crippen LogP contribution in [0.2, 0.25) is 0 Å². The number of nitrogens with two attached hydrogens (primary N) is 1. The van der Waals surface area contributed by atoms with Crippen LogP contribution in [-0.2, 0) is 9.59 Å². The Bertz CT molecular complexity index is 633. The Morgan fingerprint density at radius 3 is 2.76 bits per heavy atom. The van der Waals surface area contributed by atoms with Gasteiger partial charge in [0, 0.05) is 25.2 Å². The van der Waals surface area contributed by atoms with Crippen LogP contribution >= 0.6 is 0 Å². The van der Waals surface area contributed by atoms with Crippen LogP contribution < -0.4 is 16.4 Å². The van der Waals surface area contributed by atoms with Crippen molar-refractivity contribution in [3.05, 3.63) is 29.8 Å². The van der Waals surface area contributed by atoms with E-state index in [1.54, 1.807) is 24.3 Å². The number of likely N-dealkylation sites (tertiary alicyclic amines) is 1. The van der Waals surface area contributed by atoms with Crippen molar-refractivity contribution < 1.29 is 14.4 Å². The summed E-state index contributed by atoms with van der Waals surface area (Å²) >= 11 is 0. The lowest BCUT2D eigenvalue weighted by atomic mass is 9.97. The number of carbonyl (C=O) groups excluding carboxylic acids is 3. The molecule has 2 rings (SSSR count). The topological polar surface area (TPSA) is 105 Å². The van der Waals surface area contributed by atoms with Crippen molar-refractivity contribution in [2.24, 2.45) is 11.7 Å². The molecule has 1 aromatic rings. The Balaban J connectivity index is 1.90. The molecule has 1 atom stereocenters. The minimum Gasteiger partial charge on any atom is -0.355 e. The molecule has 1 aromatic carbocycles. The number of benzene rings is 1. The minimum atomic E-state index is -0.184. The number of nitrogens with zero attached hydrogens (tertiary/aromatic N) is 1. The van der Waals surface area contributed by atoms with Crippen molar-refractivity contribution in [2.45, 2.75) is 19.8 Å². The standard InChI is InChI=1S/C18H26N4O3/c1-13(23)15-6-2-3-7-16(15)21-17(24)12-22-10-4-5-14(11-22)18(25)20-9-8-19/h2-3,6-7,14H,4-5,8-12,19H2,1H3,(H,20,25)(H,21,24). The molecule has 1 fully saturated rings. The molecule has 7 heteroatoms. The Labute approximate surface area is 147 Å². The Kier molecular flexibility index (Phi) is 7.09.